The summed E-state index contributed by atoms with van der Waals surface area (Å²) in [6, 6.07) is 11.3. The van der Waals surface area contributed by atoms with Crippen molar-refractivity contribution in [1.29, 1.82) is 0 Å². The fourth-order valence-electron chi connectivity index (χ4n) is 3.94. The Bertz CT molecular complexity index is 1060. The van der Waals surface area contributed by atoms with Crippen LogP contribution in [0.4, 0.5) is 0 Å². The molecule has 3 heterocycles. The normalized spacial score (nSPS) is 14.8. The summed E-state index contributed by atoms with van der Waals surface area (Å²) in [5, 5.41) is 2.92. The Labute approximate surface area is 180 Å². The smallest absolute Gasteiger partial charge is 0.253 e. The van der Waals surface area contributed by atoms with Crippen LogP contribution in [0.2, 0.25) is 0 Å². The monoisotopic (exact) mass is 422 g/mol. The van der Waals surface area contributed by atoms with Gasteiger partial charge < -0.3 is 4.90 Å². The van der Waals surface area contributed by atoms with Crippen LogP contribution in [-0.2, 0) is 0 Å². The standard InChI is InChI=1S/C23H26N4O2S/c1-16-15-30-23(24-16)27-17(2)13-20(18(27)3)21(28)14-25-9-11-26(12-10-25)22(29)19-7-5-4-6-8-19/h4-8,13,15H,9-12,14H2,1-3H3. The zero-order chi connectivity index (χ0) is 21.3. The quantitative estimate of drug-likeness (QED) is 0.591. The summed E-state index contributed by atoms with van der Waals surface area (Å²) in [4.78, 5) is 34.2. The van der Waals surface area contributed by atoms with Crippen LogP contribution in [0.3, 0.4) is 0 Å². The highest BCUT2D eigenvalue weighted by Crippen LogP contribution is 2.24. The SMILES string of the molecule is Cc1csc(-n2c(C)cc(C(=O)CN3CCN(C(=O)c4ccccc4)CC3)c2C)n1. The van der Waals surface area contributed by atoms with Crippen molar-refractivity contribution in [3.05, 3.63) is 70.0 Å². The second-order valence-corrected chi connectivity index (χ2v) is 8.59. The van der Waals surface area contributed by atoms with Gasteiger partial charge >= 0.3 is 0 Å². The summed E-state index contributed by atoms with van der Waals surface area (Å²) < 4.78 is 2.06. The van der Waals surface area contributed by atoms with E-state index in [-0.39, 0.29) is 11.7 Å². The van der Waals surface area contributed by atoms with Crippen LogP contribution in [0.1, 0.15) is 37.8 Å². The fraction of sp³-hybridized carbons (Fsp3) is 0.348. The molecule has 1 aliphatic rings. The molecular formula is C23H26N4O2S. The summed E-state index contributed by atoms with van der Waals surface area (Å²) >= 11 is 1.59. The van der Waals surface area contributed by atoms with Crippen LogP contribution >= 0.6 is 11.3 Å². The number of hydrogen-bond acceptors (Lipinski definition) is 5. The molecule has 0 N–H and O–H groups in total. The number of nitrogens with zero attached hydrogens (tertiary/aromatic N) is 4. The van der Waals surface area contributed by atoms with E-state index in [1.165, 1.54) is 0 Å². The van der Waals surface area contributed by atoms with Gasteiger partial charge in [0.25, 0.3) is 5.91 Å². The van der Waals surface area contributed by atoms with Gasteiger partial charge in [-0.15, -0.1) is 11.3 Å². The average Bonchev–Trinajstić information content (AvgIpc) is 3.30. The number of hydrogen-bond donors (Lipinski definition) is 0. The maximum Gasteiger partial charge on any atom is 0.253 e. The summed E-state index contributed by atoms with van der Waals surface area (Å²) in [6.45, 7) is 9.01. The van der Waals surface area contributed by atoms with Gasteiger partial charge in [0.05, 0.1) is 12.2 Å². The number of ketones is 1. The van der Waals surface area contributed by atoms with E-state index in [4.69, 9.17) is 0 Å². The van der Waals surface area contributed by atoms with Gasteiger partial charge in [0.2, 0.25) is 0 Å². The van der Waals surface area contributed by atoms with Crippen molar-refractivity contribution in [2.45, 2.75) is 20.8 Å². The second-order valence-electron chi connectivity index (χ2n) is 7.75. The minimum Gasteiger partial charge on any atom is -0.336 e. The lowest BCUT2D eigenvalue weighted by atomic mass is 10.1. The van der Waals surface area contributed by atoms with E-state index < -0.39 is 0 Å². The van der Waals surface area contributed by atoms with E-state index in [1.54, 1.807) is 11.3 Å². The molecule has 1 aromatic carbocycles. The van der Waals surface area contributed by atoms with Crippen molar-refractivity contribution in [3.8, 4) is 5.13 Å². The lowest BCUT2D eigenvalue weighted by molar-refractivity contribution is 0.0624. The first-order valence-corrected chi connectivity index (χ1v) is 11.0. The molecule has 156 valence electrons. The molecule has 4 rings (SSSR count). The molecule has 3 aromatic rings. The minimum atomic E-state index is 0.0591. The van der Waals surface area contributed by atoms with Crippen molar-refractivity contribution in [2.24, 2.45) is 0 Å². The van der Waals surface area contributed by atoms with E-state index in [0.717, 1.165) is 27.8 Å². The number of rotatable bonds is 5. The molecule has 0 saturated carbocycles. The van der Waals surface area contributed by atoms with Crippen molar-refractivity contribution in [1.82, 2.24) is 19.4 Å². The topological polar surface area (TPSA) is 58.4 Å². The first kappa shape index (κ1) is 20.5. The van der Waals surface area contributed by atoms with Gasteiger partial charge in [0, 0.05) is 54.1 Å². The Morgan fingerprint density at radius 2 is 1.73 bits per heavy atom. The Kier molecular flexibility index (Phi) is 5.83. The molecule has 0 bridgehead atoms. The highest BCUT2D eigenvalue weighted by atomic mass is 32.1. The van der Waals surface area contributed by atoms with Gasteiger partial charge in [-0.05, 0) is 39.0 Å². The first-order chi connectivity index (χ1) is 14.4. The number of benzene rings is 1. The van der Waals surface area contributed by atoms with Gasteiger partial charge in [0.15, 0.2) is 10.9 Å². The Morgan fingerprint density at radius 3 is 2.37 bits per heavy atom. The molecule has 1 aliphatic heterocycles. The number of carbonyl (C=O) groups is 2. The van der Waals surface area contributed by atoms with Gasteiger partial charge in [0.1, 0.15) is 0 Å². The third-order valence-corrected chi connectivity index (χ3v) is 6.52. The number of aryl methyl sites for hydroxylation is 2. The number of carbonyl (C=O) groups excluding carboxylic acids is 2. The maximum absolute atomic E-state index is 13.0. The third-order valence-electron chi connectivity index (χ3n) is 5.58. The molecule has 0 unspecified atom stereocenters. The lowest BCUT2D eigenvalue weighted by Crippen LogP contribution is -2.49. The summed E-state index contributed by atoms with van der Waals surface area (Å²) in [7, 11) is 0. The predicted octanol–water partition coefficient (Wildman–Crippen LogP) is 3.50. The molecule has 1 fully saturated rings. The number of aromatic nitrogens is 2. The Morgan fingerprint density at radius 1 is 1.03 bits per heavy atom. The largest absolute Gasteiger partial charge is 0.336 e. The molecule has 7 heteroatoms. The van der Waals surface area contributed by atoms with Gasteiger partial charge in [-0.2, -0.15) is 0 Å². The highest BCUT2D eigenvalue weighted by Gasteiger charge is 2.25. The van der Waals surface area contributed by atoms with Crippen LogP contribution < -0.4 is 0 Å². The first-order valence-electron chi connectivity index (χ1n) is 10.2. The van der Waals surface area contributed by atoms with Crippen LogP contribution in [0, 0.1) is 20.8 Å². The predicted molar refractivity (Wildman–Crippen MR) is 119 cm³/mol. The van der Waals surface area contributed by atoms with Crippen molar-refractivity contribution in [2.75, 3.05) is 32.7 Å². The summed E-state index contributed by atoms with van der Waals surface area (Å²) in [5.41, 5.74) is 4.40. The molecule has 0 atom stereocenters. The summed E-state index contributed by atoms with van der Waals surface area (Å²) in [6.07, 6.45) is 0. The number of piperazine rings is 1. The zero-order valence-electron chi connectivity index (χ0n) is 17.6. The van der Waals surface area contributed by atoms with Gasteiger partial charge in [-0.1, -0.05) is 18.2 Å². The third kappa shape index (κ3) is 4.08. The van der Waals surface area contributed by atoms with Crippen LogP contribution in [0.5, 0.6) is 0 Å². The number of thiazole rings is 1. The summed E-state index contributed by atoms with van der Waals surface area (Å²) in [5.74, 6) is 0.175. The molecule has 2 aromatic heterocycles. The number of Topliss-reactive ketones (excluding diaryl/α,β-unsaturated/α-hetero) is 1. The minimum absolute atomic E-state index is 0.0591. The number of amides is 1. The van der Waals surface area contributed by atoms with E-state index >= 15 is 0 Å². The molecular weight excluding hydrogens is 396 g/mol. The van der Waals surface area contributed by atoms with Crippen molar-refractivity contribution in [3.63, 3.8) is 0 Å². The van der Waals surface area contributed by atoms with Crippen molar-refractivity contribution >= 4 is 23.0 Å². The molecule has 6 nitrogen and oxygen atoms in total. The average molecular weight is 423 g/mol. The van der Waals surface area contributed by atoms with E-state index in [9.17, 15) is 9.59 Å². The van der Waals surface area contributed by atoms with Crippen LogP contribution in [0.25, 0.3) is 5.13 Å². The Hall–Kier alpha value is -2.77. The van der Waals surface area contributed by atoms with Crippen LogP contribution in [-0.4, -0.2) is 63.8 Å². The zero-order valence-corrected chi connectivity index (χ0v) is 18.4. The van der Waals surface area contributed by atoms with E-state index in [2.05, 4.69) is 14.5 Å². The lowest BCUT2D eigenvalue weighted by Gasteiger charge is -2.34. The molecule has 0 radical (unpaired) electrons. The van der Waals surface area contributed by atoms with Gasteiger partial charge in [-0.3, -0.25) is 19.1 Å². The van der Waals surface area contributed by atoms with Crippen LogP contribution in [0.15, 0.2) is 41.8 Å². The van der Waals surface area contributed by atoms with Gasteiger partial charge in [-0.25, -0.2) is 4.98 Å². The fourth-order valence-corrected chi connectivity index (χ4v) is 4.86. The Balaban J connectivity index is 1.39. The van der Waals surface area contributed by atoms with Crippen molar-refractivity contribution < 1.29 is 9.59 Å². The molecule has 1 amide bonds. The molecule has 30 heavy (non-hydrogen) atoms. The second kappa shape index (κ2) is 8.53. The molecule has 0 aliphatic carbocycles. The van der Waals surface area contributed by atoms with E-state index in [0.29, 0.717) is 38.3 Å². The maximum atomic E-state index is 13.0. The highest BCUT2D eigenvalue weighted by molar-refractivity contribution is 7.12. The van der Waals surface area contributed by atoms with E-state index in [1.807, 2.05) is 67.4 Å². The molecule has 1 saturated heterocycles. The molecule has 0 spiro atoms.